The molecule has 0 bridgehead atoms. The molecule has 0 spiro atoms. The number of benzene rings is 1. The molecule has 0 radical (unpaired) electrons. The van der Waals surface area contributed by atoms with Crippen LogP contribution in [0, 0.1) is 13.8 Å². The zero-order valence-corrected chi connectivity index (χ0v) is 11.8. The summed E-state index contributed by atoms with van der Waals surface area (Å²) in [6.45, 7) is 4.60. The number of alkyl halides is 3. The number of fused-ring (bicyclic) bond motifs is 1. The largest absolute Gasteiger partial charge is 0.435 e. The second-order valence-corrected chi connectivity index (χ2v) is 5.45. The first-order valence-electron chi connectivity index (χ1n) is 6.84. The Bertz CT molecular complexity index is 673. The van der Waals surface area contributed by atoms with Crippen molar-refractivity contribution in [3.8, 4) is 0 Å². The minimum atomic E-state index is -4.42. The third kappa shape index (κ3) is 2.50. The Kier molecular flexibility index (Phi) is 3.19. The first-order chi connectivity index (χ1) is 9.86. The van der Waals surface area contributed by atoms with Crippen LogP contribution in [-0.4, -0.2) is 16.3 Å². The van der Waals surface area contributed by atoms with E-state index in [0.29, 0.717) is 12.4 Å². The third-order valence-corrected chi connectivity index (χ3v) is 3.84. The van der Waals surface area contributed by atoms with Gasteiger partial charge in [-0.15, -0.1) is 0 Å². The van der Waals surface area contributed by atoms with Crippen molar-refractivity contribution < 1.29 is 13.2 Å². The number of rotatable bonds is 1. The Morgan fingerprint density at radius 3 is 2.71 bits per heavy atom. The zero-order valence-electron chi connectivity index (χ0n) is 11.8. The lowest BCUT2D eigenvalue weighted by Crippen LogP contribution is -2.25. The van der Waals surface area contributed by atoms with Crippen molar-refractivity contribution in [2.24, 2.45) is 0 Å². The van der Waals surface area contributed by atoms with Gasteiger partial charge >= 0.3 is 6.18 Å². The second-order valence-electron chi connectivity index (χ2n) is 5.45. The number of anilines is 1. The number of nitrogens with zero attached hydrogens (tertiary/aromatic N) is 2. The van der Waals surface area contributed by atoms with Gasteiger partial charge in [-0.1, -0.05) is 23.8 Å². The molecular weight excluding hydrogens is 279 g/mol. The fraction of sp³-hybridized carbons (Fsp3) is 0.400. The molecule has 1 aromatic heterocycles. The highest BCUT2D eigenvalue weighted by Crippen LogP contribution is 2.36. The highest BCUT2D eigenvalue weighted by atomic mass is 19.4. The molecule has 0 saturated carbocycles. The molecule has 1 N–H and O–H groups in total. The molecule has 2 aromatic rings. The number of hydrogen-bond acceptors (Lipinski definition) is 2. The van der Waals surface area contributed by atoms with E-state index in [2.05, 4.69) is 10.4 Å². The Hall–Kier alpha value is -1.98. The van der Waals surface area contributed by atoms with E-state index in [1.54, 1.807) is 0 Å². The summed E-state index contributed by atoms with van der Waals surface area (Å²) in [6.07, 6.45) is -3.70. The van der Waals surface area contributed by atoms with Crippen LogP contribution in [0.3, 0.4) is 0 Å². The van der Waals surface area contributed by atoms with Crippen LogP contribution in [0.1, 0.15) is 34.8 Å². The van der Waals surface area contributed by atoms with Crippen LogP contribution < -0.4 is 5.32 Å². The van der Waals surface area contributed by atoms with Gasteiger partial charge in [0.15, 0.2) is 5.69 Å². The smallest absolute Gasteiger partial charge is 0.370 e. The second kappa shape index (κ2) is 4.79. The maximum atomic E-state index is 12.8. The lowest BCUT2D eigenvalue weighted by atomic mass is 9.96. The molecule has 6 heteroatoms. The number of hydrogen-bond donors (Lipinski definition) is 1. The van der Waals surface area contributed by atoms with Crippen molar-refractivity contribution >= 4 is 5.82 Å². The molecule has 1 aromatic carbocycles. The van der Waals surface area contributed by atoms with Crippen LogP contribution in [0.4, 0.5) is 19.0 Å². The van der Waals surface area contributed by atoms with Crippen molar-refractivity contribution in [1.29, 1.82) is 0 Å². The van der Waals surface area contributed by atoms with Crippen LogP contribution >= 0.6 is 0 Å². The predicted octanol–water partition coefficient (Wildman–Crippen LogP) is 3.92. The molecule has 2 heterocycles. The van der Waals surface area contributed by atoms with Crippen LogP contribution in [0.15, 0.2) is 24.3 Å². The average Bonchev–Trinajstić information content (AvgIpc) is 2.85. The number of nitrogens with one attached hydrogen (secondary N) is 1. The van der Waals surface area contributed by atoms with Gasteiger partial charge in [0.2, 0.25) is 0 Å². The lowest BCUT2D eigenvalue weighted by molar-refractivity contribution is -0.141. The molecule has 0 amide bonds. The molecule has 3 rings (SSSR count). The fourth-order valence-corrected chi connectivity index (χ4v) is 2.77. The van der Waals surface area contributed by atoms with Crippen molar-refractivity contribution in [3.63, 3.8) is 0 Å². The molecule has 1 unspecified atom stereocenters. The quantitative estimate of drug-likeness (QED) is 0.864. The zero-order chi connectivity index (χ0) is 15.2. The summed E-state index contributed by atoms with van der Waals surface area (Å²) in [6, 6.07) is 6.96. The monoisotopic (exact) mass is 295 g/mol. The number of aromatic nitrogens is 2. The van der Waals surface area contributed by atoms with E-state index in [4.69, 9.17) is 0 Å². The van der Waals surface area contributed by atoms with Crippen molar-refractivity contribution in [1.82, 2.24) is 9.78 Å². The van der Waals surface area contributed by atoms with Gasteiger partial charge in [-0.05, 0) is 31.4 Å². The van der Waals surface area contributed by atoms with Gasteiger partial charge in [0.25, 0.3) is 0 Å². The van der Waals surface area contributed by atoms with Gasteiger partial charge in [0.1, 0.15) is 5.82 Å². The Morgan fingerprint density at radius 1 is 1.24 bits per heavy atom. The summed E-state index contributed by atoms with van der Waals surface area (Å²) in [5.41, 5.74) is 2.36. The summed E-state index contributed by atoms with van der Waals surface area (Å²) in [5.74, 6) is 0.430. The van der Waals surface area contributed by atoms with E-state index < -0.39 is 11.9 Å². The van der Waals surface area contributed by atoms with Gasteiger partial charge in [0, 0.05) is 12.6 Å². The molecule has 1 aliphatic heterocycles. The lowest BCUT2D eigenvalue weighted by Gasteiger charge is -2.27. The standard InChI is InChI=1S/C15H16F3N3/c1-9-3-4-10(2)11(7-9)12-5-6-19-14-8-13(15(16,17)18)20-21(12)14/h3-4,7-8,12,19H,5-6H2,1-2H3. The molecule has 0 saturated heterocycles. The summed E-state index contributed by atoms with van der Waals surface area (Å²) in [4.78, 5) is 0. The highest BCUT2D eigenvalue weighted by molar-refractivity contribution is 5.43. The summed E-state index contributed by atoms with van der Waals surface area (Å²) < 4.78 is 40.0. The van der Waals surface area contributed by atoms with E-state index >= 15 is 0 Å². The topological polar surface area (TPSA) is 29.9 Å². The Balaban J connectivity index is 2.08. The Labute approximate surface area is 120 Å². The van der Waals surface area contributed by atoms with Gasteiger partial charge in [-0.25, -0.2) is 4.68 Å². The van der Waals surface area contributed by atoms with Crippen LogP contribution in [-0.2, 0) is 6.18 Å². The Morgan fingerprint density at radius 2 is 2.00 bits per heavy atom. The molecule has 1 atom stereocenters. The fourth-order valence-electron chi connectivity index (χ4n) is 2.77. The number of halogens is 3. The summed E-state index contributed by atoms with van der Waals surface area (Å²) >= 11 is 0. The molecule has 112 valence electrons. The SMILES string of the molecule is Cc1ccc(C)c(C2CCNc3cc(C(F)(F)F)nn32)c1. The molecule has 0 fully saturated rings. The molecule has 1 aliphatic rings. The first-order valence-corrected chi connectivity index (χ1v) is 6.84. The molecule has 21 heavy (non-hydrogen) atoms. The van der Waals surface area contributed by atoms with Gasteiger partial charge in [0.05, 0.1) is 6.04 Å². The van der Waals surface area contributed by atoms with Crippen molar-refractivity contribution in [3.05, 3.63) is 46.6 Å². The van der Waals surface area contributed by atoms with Crippen LogP contribution in [0.2, 0.25) is 0 Å². The minimum Gasteiger partial charge on any atom is -0.370 e. The molecule has 3 nitrogen and oxygen atoms in total. The maximum absolute atomic E-state index is 12.8. The minimum absolute atomic E-state index is 0.155. The van der Waals surface area contributed by atoms with Crippen molar-refractivity contribution in [2.75, 3.05) is 11.9 Å². The van der Waals surface area contributed by atoms with E-state index in [1.165, 1.54) is 4.68 Å². The highest BCUT2D eigenvalue weighted by Gasteiger charge is 2.37. The summed E-state index contributed by atoms with van der Waals surface area (Å²) in [5, 5.41) is 6.77. The summed E-state index contributed by atoms with van der Waals surface area (Å²) in [7, 11) is 0. The van der Waals surface area contributed by atoms with E-state index in [9.17, 15) is 13.2 Å². The average molecular weight is 295 g/mol. The van der Waals surface area contributed by atoms with E-state index in [0.717, 1.165) is 29.2 Å². The van der Waals surface area contributed by atoms with Gasteiger partial charge < -0.3 is 5.32 Å². The third-order valence-electron chi connectivity index (χ3n) is 3.84. The van der Waals surface area contributed by atoms with Crippen molar-refractivity contribution in [2.45, 2.75) is 32.5 Å². The first kappa shape index (κ1) is 14.0. The maximum Gasteiger partial charge on any atom is 0.435 e. The van der Waals surface area contributed by atoms with Crippen LogP contribution in [0.5, 0.6) is 0 Å². The number of aryl methyl sites for hydroxylation is 2. The van der Waals surface area contributed by atoms with Crippen LogP contribution in [0.25, 0.3) is 0 Å². The van der Waals surface area contributed by atoms with Gasteiger partial charge in [-0.2, -0.15) is 18.3 Å². The van der Waals surface area contributed by atoms with E-state index in [1.807, 2.05) is 32.0 Å². The predicted molar refractivity (Wildman–Crippen MR) is 74.4 cm³/mol. The molecule has 0 aliphatic carbocycles. The van der Waals surface area contributed by atoms with E-state index in [-0.39, 0.29) is 6.04 Å². The molecular formula is C15H16F3N3. The van der Waals surface area contributed by atoms with Gasteiger partial charge in [-0.3, -0.25) is 0 Å². The normalized spacial score (nSPS) is 18.2.